The summed E-state index contributed by atoms with van der Waals surface area (Å²) in [5.41, 5.74) is -0.320. The molecule has 0 spiro atoms. The second-order valence-electron chi connectivity index (χ2n) is 13.8. The Morgan fingerprint density at radius 1 is 1.09 bits per heavy atom. The Kier molecular flexibility index (Phi) is 7.29. The molecule has 35 heavy (non-hydrogen) atoms. The summed E-state index contributed by atoms with van der Waals surface area (Å²) in [6, 6.07) is 0. The van der Waals surface area contributed by atoms with Gasteiger partial charge in [-0.05, 0) is 112 Å². The van der Waals surface area contributed by atoms with Gasteiger partial charge < -0.3 is 5.32 Å². The molecule has 0 aromatic carbocycles. The van der Waals surface area contributed by atoms with Crippen LogP contribution in [-0.4, -0.2) is 36.0 Å². The maximum absolute atomic E-state index is 12.6. The van der Waals surface area contributed by atoms with Gasteiger partial charge in [-0.1, -0.05) is 20.8 Å². The lowest BCUT2D eigenvalue weighted by Crippen LogP contribution is -2.53. The molecule has 0 saturated heterocycles. The number of ketones is 1. The minimum atomic E-state index is -4.15. The highest BCUT2D eigenvalue weighted by Crippen LogP contribution is 2.68. The number of hydrogen-bond acceptors (Lipinski definition) is 4. The molecule has 4 aliphatic rings. The van der Waals surface area contributed by atoms with Crippen LogP contribution >= 0.6 is 0 Å². The number of nitrogens with one attached hydrogen (secondary N) is 1. The van der Waals surface area contributed by atoms with Crippen LogP contribution in [0, 0.1) is 46.3 Å². The first-order valence-corrected chi connectivity index (χ1v) is 15.5. The number of Topliss-reactive ketones (excluding diaryl/α,β-unsaturated/α-hetero) is 1. The zero-order valence-electron chi connectivity index (χ0n) is 22.4. The summed E-state index contributed by atoms with van der Waals surface area (Å²) in [6.07, 6.45) is 11.4. The molecule has 2 N–H and O–H groups in total. The molecular weight excluding hydrogens is 462 g/mol. The van der Waals surface area contributed by atoms with E-state index in [1.54, 1.807) is 13.8 Å². The molecular formula is C28H47NO5S. The largest absolute Gasteiger partial charge is 0.350 e. The minimum absolute atomic E-state index is 0.146. The summed E-state index contributed by atoms with van der Waals surface area (Å²) in [7, 11) is -4.15. The van der Waals surface area contributed by atoms with E-state index in [4.69, 9.17) is 4.55 Å². The Balaban J connectivity index is 1.37. The van der Waals surface area contributed by atoms with Crippen molar-refractivity contribution in [3.63, 3.8) is 0 Å². The SMILES string of the molecule is C[C@H](CCC(=O)NC(C)(C)CS(=O)(=O)O)[C@H]1CC[C@H]2[C@@H]3CC[C@@H]4CC(=O)CC[C@]4(C)[C@H]3CC[C@]12C. The summed E-state index contributed by atoms with van der Waals surface area (Å²) >= 11 is 0. The fourth-order valence-corrected chi connectivity index (χ4v) is 10.5. The zero-order chi connectivity index (χ0) is 25.8. The van der Waals surface area contributed by atoms with E-state index < -0.39 is 21.4 Å². The molecule has 0 unspecified atom stereocenters. The number of fused-ring (bicyclic) bond motifs is 5. The third-order valence-corrected chi connectivity index (χ3v) is 12.2. The molecule has 0 radical (unpaired) electrons. The van der Waals surface area contributed by atoms with Crippen LogP contribution in [0.3, 0.4) is 0 Å². The summed E-state index contributed by atoms with van der Waals surface area (Å²) in [6.45, 7) is 10.6. The van der Waals surface area contributed by atoms with E-state index in [1.165, 1.54) is 38.5 Å². The number of amides is 1. The molecule has 0 aromatic rings. The van der Waals surface area contributed by atoms with Crippen molar-refractivity contribution in [3.8, 4) is 0 Å². The van der Waals surface area contributed by atoms with Crippen molar-refractivity contribution in [1.29, 1.82) is 0 Å². The summed E-state index contributed by atoms with van der Waals surface area (Å²) in [5, 5.41) is 2.79. The summed E-state index contributed by atoms with van der Waals surface area (Å²) < 4.78 is 31.6. The van der Waals surface area contributed by atoms with E-state index in [-0.39, 0.29) is 5.91 Å². The average Bonchev–Trinajstić information content (AvgIpc) is 3.07. The maximum atomic E-state index is 12.6. The molecule has 1 amide bonds. The molecule has 4 aliphatic carbocycles. The molecule has 200 valence electrons. The van der Waals surface area contributed by atoms with Gasteiger partial charge in [0.25, 0.3) is 10.1 Å². The van der Waals surface area contributed by atoms with Crippen LogP contribution < -0.4 is 5.32 Å². The van der Waals surface area contributed by atoms with Gasteiger partial charge >= 0.3 is 0 Å². The van der Waals surface area contributed by atoms with Gasteiger partial charge in [0.1, 0.15) is 5.78 Å². The van der Waals surface area contributed by atoms with Crippen molar-refractivity contribution in [2.24, 2.45) is 46.3 Å². The highest BCUT2D eigenvalue weighted by Gasteiger charge is 2.60. The van der Waals surface area contributed by atoms with Crippen LogP contribution in [0.25, 0.3) is 0 Å². The summed E-state index contributed by atoms with van der Waals surface area (Å²) in [4.78, 5) is 24.7. The van der Waals surface area contributed by atoms with E-state index >= 15 is 0 Å². The fourth-order valence-electron chi connectivity index (χ4n) is 9.51. The van der Waals surface area contributed by atoms with Crippen molar-refractivity contribution in [2.45, 2.75) is 111 Å². The van der Waals surface area contributed by atoms with Crippen LogP contribution in [0.1, 0.15) is 105 Å². The topological polar surface area (TPSA) is 101 Å². The van der Waals surface area contributed by atoms with E-state index in [1.807, 2.05) is 0 Å². The van der Waals surface area contributed by atoms with Gasteiger partial charge in [-0.15, -0.1) is 0 Å². The second-order valence-corrected chi connectivity index (χ2v) is 15.3. The van der Waals surface area contributed by atoms with Crippen LogP contribution in [0.5, 0.6) is 0 Å². The molecule has 0 aromatic heterocycles. The first-order chi connectivity index (χ1) is 16.1. The number of hydrogen-bond donors (Lipinski definition) is 2. The van der Waals surface area contributed by atoms with Crippen molar-refractivity contribution < 1.29 is 22.6 Å². The number of carbonyl (C=O) groups is 2. The summed E-state index contributed by atoms with van der Waals surface area (Å²) in [5.74, 6) is 3.79. The Bertz CT molecular complexity index is 945. The average molecular weight is 510 g/mol. The lowest BCUT2D eigenvalue weighted by molar-refractivity contribution is -0.140. The lowest BCUT2D eigenvalue weighted by Gasteiger charge is -2.60. The van der Waals surface area contributed by atoms with Gasteiger partial charge in [-0.25, -0.2) is 0 Å². The Morgan fingerprint density at radius 3 is 2.46 bits per heavy atom. The number of carbonyl (C=O) groups excluding carboxylic acids is 2. The lowest BCUT2D eigenvalue weighted by atomic mass is 9.44. The van der Waals surface area contributed by atoms with Gasteiger partial charge in [0, 0.05) is 19.3 Å². The highest BCUT2D eigenvalue weighted by molar-refractivity contribution is 7.85. The van der Waals surface area contributed by atoms with Gasteiger partial charge in [0.2, 0.25) is 5.91 Å². The minimum Gasteiger partial charge on any atom is -0.350 e. The Morgan fingerprint density at radius 2 is 1.77 bits per heavy atom. The molecule has 0 aliphatic heterocycles. The van der Waals surface area contributed by atoms with Gasteiger partial charge in [0.05, 0.1) is 11.3 Å². The predicted molar refractivity (Wildman–Crippen MR) is 137 cm³/mol. The van der Waals surface area contributed by atoms with E-state index in [2.05, 4.69) is 26.1 Å². The highest BCUT2D eigenvalue weighted by atomic mass is 32.2. The smallest absolute Gasteiger partial charge is 0.267 e. The first kappa shape index (κ1) is 27.1. The van der Waals surface area contributed by atoms with Crippen LogP contribution in [0.15, 0.2) is 0 Å². The Hall–Kier alpha value is -0.950. The monoisotopic (exact) mass is 509 g/mol. The Labute approximate surface area is 212 Å². The van der Waals surface area contributed by atoms with Crippen molar-refractivity contribution in [1.82, 2.24) is 5.32 Å². The molecule has 0 heterocycles. The molecule has 4 fully saturated rings. The van der Waals surface area contributed by atoms with E-state index in [0.717, 1.165) is 43.4 Å². The molecule has 4 rings (SSSR count). The maximum Gasteiger partial charge on any atom is 0.267 e. The normalized spacial score (nSPS) is 40.4. The van der Waals surface area contributed by atoms with Crippen molar-refractivity contribution in [3.05, 3.63) is 0 Å². The fraction of sp³-hybridized carbons (Fsp3) is 0.929. The third kappa shape index (κ3) is 5.37. The third-order valence-electron chi connectivity index (χ3n) is 11.1. The standard InChI is InChI=1S/C28H47NO5S/c1-18(6-11-25(31)29-26(2,3)17-35(32,33)34)22-9-10-23-21-8-7-19-16-20(30)12-14-27(19,4)24(21)13-15-28(22,23)5/h18-19,21-24H,6-17H2,1-5H3,(H,29,31)(H,32,33,34)/t18-,19-,21+,22-,23+,24+,27+,28-/m1/s1. The van der Waals surface area contributed by atoms with Crippen LogP contribution in [0.4, 0.5) is 0 Å². The molecule has 8 atom stereocenters. The van der Waals surface area contributed by atoms with Crippen molar-refractivity contribution in [2.75, 3.05) is 5.75 Å². The molecule has 4 saturated carbocycles. The molecule has 6 nitrogen and oxygen atoms in total. The first-order valence-electron chi connectivity index (χ1n) is 13.9. The molecule has 7 heteroatoms. The van der Waals surface area contributed by atoms with Crippen LogP contribution in [-0.2, 0) is 19.7 Å². The number of rotatable bonds is 7. The van der Waals surface area contributed by atoms with Crippen molar-refractivity contribution >= 4 is 21.8 Å². The quantitative estimate of drug-likeness (QED) is 0.447. The molecule has 0 bridgehead atoms. The zero-order valence-corrected chi connectivity index (χ0v) is 23.3. The van der Waals surface area contributed by atoms with Gasteiger partial charge in [-0.2, -0.15) is 8.42 Å². The van der Waals surface area contributed by atoms with E-state index in [0.29, 0.717) is 40.8 Å². The van der Waals surface area contributed by atoms with Gasteiger partial charge in [-0.3, -0.25) is 14.1 Å². The predicted octanol–water partition coefficient (Wildman–Crippen LogP) is 5.41. The van der Waals surface area contributed by atoms with Gasteiger partial charge in [0.15, 0.2) is 0 Å². The second kappa shape index (κ2) is 9.41. The van der Waals surface area contributed by atoms with Crippen LogP contribution in [0.2, 0.25) is 0 Å². The van der Waals surface area contributed by atoms with E-state index in [9.17, 15) is 18.0 Å².